The highest BCUT2D eigenvalue weighted by atomic mass is 32.3. The molecule has 0 fully saturated rings. The third-order valence-corrected chi connectivity index (χ3v) is 2.30. The van der Waals surface area contributed by atoms with Crippen LogP contribution in [0.15, 0.2) is 18.2 Å². The van der Waals surface area contributed by atoms with Crippen LogP contribution in [0.5, 0.6) is 11.5 Å². The fourth-order valence-corrected chi connectivity index (χ4v) is 1.43. The molecule has 0 saturated carbocycles. The number of phenolic OH excluding ortho intramolecular Hbond substituents is 2. The summed E-state index contributed by atoms with van der Waals surface area (Å²) in [5.41, 5.74) is 0.368. The molecule has 6 N–H and O–H groups in total. The monoisotopic (exact) mass is 309 g/mol. The van der Waals surface area contributed by atoms with E-state index in [-0.39, 0.29) is 18.1 Å². The van der Waals surface area contributed by atoms with Crippen molar-refractivity contribution >= 4 is 10.4 Å². The van der Waals surface area contributed by atoms with Crippen molar-refractivity contribution in [1.82, 2.24) is 5.32 Å². The van der Waals surface area contributed by atoms with Gasteiger partial charge in [-0.05, 0) is 31.5 Å². The zero-order valence-electron chi connectivity index (χ0n) is 11.1. The maximum absolute atomic E-state index is 9.35. The van der Waals surface area contributed by atoms with Gasteiger partial charge in [0.05, 0.1) is 6.61 Å². The third-order valence-electron chi connectivity index (χ3n) is 2.30. The van der Waals surface area contributed by atoms with Crippen LogP contribution in [0.3, 0.4) is 0 Å². The summed E-state index contributed by atoms with van der Waals surface area (Å²) in [5, 5.41) is 30.5. The maximum atomic E-state index is 9.35. The maximum Gasteiger partial charge on any atom is 0.394 e. The van der Waals surface area contributed by atoms with Crippen molar-refractivity contribution in [2.24, 2.45) is 0 Å². The molecular formula is C11H19NO7S. The first-order valence-corrected chi connectivity index (χ1v) is 6.94. The Labute approximate surface area is 117 Å². The van der Waals surface area contributed by atoms with Gasteiger partial charge in [-0.15, -0.1) is 0 Å². The molecule has 0 aromatic heterocycles. The number of benzene rings is 1. The highest BCUT2D eigenvalue weighted by molar-refractivity contribution is 7.79. The Morgan fingerprint density at radius 2 is 1.50 bits per heavy atom. The first kappa shape index (κ1) is 18.6. The number of aliphatic hydroxyl groups excluding tert-OH is 1. The third kappa shape index (κ3) is 8.67. The van der Waals surface area contributed by atoms with Gasteiger partial charge in [-0.1, -0.05) is 0 Å². The van der Waals surface area contributed by atoms with Gasteiger partial charge in [0.1, 0.15) is 11.5 Å². The molecule has 1 rings (SSSR count). The number of nitrogens with one attached hydrogen (secondary N) is 1. The van der Waals surface area contributed by atoms with E-state index in [0.717, 1.165) is 5.56 Å². The minimum absolute atomic E-state index is 0.0314. The van der Waals surface area contributed by atoms with Crippen LogP contribution in [0.2, 0.25) is 0 Å². The van der Waals surface area contributed by atoms with E-state index in [1.54, 1.807) is 12.1 Å². The zero-order valence-corrected chi connectivity index (χ0v) is 11.9. The SMILES string of the molecule is CC(C)(NCCO)c1cc(O)cc(O)c1.O=S(=O)(O)O. The second-order valence-corrected chi connectivity index (χ2v) is 5.36. The average Bonchev–Trinajstić information content (AvgIpc) is 2.23. The lowest BCUT2D eigenvalue weighted by molar-refractivity contribution is 0.266. The fraction of sp³-hybridized carbons (Fsp3) is 0.455. The van der Waals surface area contributed by atoms with Gasteiger partial charge >= 0.3 is 10.4 Å². The summed E-state index contributed by atoms with van der Waals surface area (Å²) in [6, 6.07) is 4.46. The molecule has 0 heterocycles. The van der Waals surface area contributed by atoms with Crippen LogP contribution < -0.4 is 5.32 Å². The van der Waals surface area contributed by atoms with Crippen LogP contribution in [-0.2, 0) is 15.9 Å². The normalized spacial score (nSPS) is 11.7. The summed E-state index contributed by atoms with van der Waals surface area (Å²) in [4.78, 5) is 0. The molecule has 0 saturated heterocycles. The lowest BCUT2D eigenvalue weighted by atomic mass is 9.94. The second-order valence-electron chi connectivity index (χ2n) is 4.46. The molecule has 0 aliphatic rings. The average molecular weight is 309 g/mol. The van der Waals surface area contributed by atoms with E-state index >= 15 is 0 Å². The van der Waals surface area contributed by atoms with Crippen LogP contribution in [0.4, 0.5) is 0 Å². The quantitative estimate of drug-likeness (QED) is 0.434. The minimum atomic E-state index is -4.67. The van der Waals surface area contributed by atoms with E-state index < -0.39 is 15.9 Å². The summed E-state index contributed by atoms with van der Waals surface area (Å²) in [5.74, 6) is 0.0627. The first-order valence-electron chi connectivity index (χ1n) is 5.55. The first-order chi connectivity index (χ1) is 8.95. The van der Waals surface area contributed by atoms with Gasteiger partial charge in [0.25, 0.3) is 0 Å². The van der Waals surface area contributed by atoms with Gasteiger partial charge in [-0.3, -0.25) is 9.11 Å². The Hall–Kier alpha value is -1.39. The van der Waals surface area contributed by atoms with Crippen molar-refractivity contribution in [2.45, 2.75) is 19.4 Å². The number of hydrogen-bond donors (Lipinski definition) is 6. The summed E-state index contributed by atoms with van der Waals surface area (Å²) in [6.07, 6.45) is 0. The predicted molar refractivity (Wildman–Crippen MR) is 72.1 cm³/mol. The van der Waals surface area contributed by atoms with E-state index in [1.807, 2.05) is 13.8 Å². The molecule has 0 amide bonds. The Balaban J connectivity index is 0.000000621. The summed E-state index contributed by atoms with van der Waals surface area (Å²) in [6.45, 7) is 4.34. The molecule has 20 heavy (non-hydrogen) atoms. The fourth-order valence-electron chi connectivity index (χ4n) is 1.43. The van der Waals surface area contributed by atoms with Crippen LogP contribution in [-0.4, -0.2) is 46.0 Å². The molecular weight excluding hydrogens is 290 g/mol. The minimum Gasteiger partial charge on any atom is -0.508 e. The smallest absolute Gasteiger partial charge is 0.394 e. The summed E-state index contributed by atoms with van der Waals surface area (Å²) < 4.78 is 31.6. The number of aromatic hydroxyl groups is 2. The Morgan fingerprint density at radius 1 is 1.10 bits per heavy atom. The molecule has 116 valence electrons. The Morgan fingerprint density at radius 3 is 1.85 bits per heavy atom. The van der Waals surface area contributed by atoms with E-state index in [2.05, 4.69) is 5.32 Å². The number of hydrogen-bond acceptors (Lipinski definition) is 6. The molecule has 0 bridgehead atoms. The van der Waals surface area contributed by atoms with Gasteiger partial charge in [-0.25, -0.2) is 0 Å². The topological polar surface area (TPSA) is 147 Å². The van der Waals surface area contributed by atoms with Crippen molar-refractivity contribution in [1.29, 1.82) is 0 Å². The molecule has 1 aromatic rings. The molecule has 0 radical (unpaired) electrons. The molecule has 8 nitrogen and oxygen atoms in total. The van der Waals surface area contributed by atoms with Crippen LogP contribution in [0.1, 0.15) is 19.4 Å². The molecule has 0 unspecified atom stereocenters. The molecule has 0 spiro atoms. The van der Waals surface area contributed by atoms with Gasteiger partial charge in [0.15, 0.2) is 0 Å². The van der Waals surface area contributed by atoms with Crippen molar-refractivity contribution in [3.8, 4) is 11.5 Å². The van der Waals surface area contributed by atoms with Gasteiger partial charge in [0.2, 0.25) is 0 Å². The molecule has 0 atom stereocenters. The van der Waals surface area contributed by atoms with E-state index in [4.69, 9.17) is 22.6 Å². The van der Waals surface area contributed by atoms with E-state index in [0.29, 0.717) is 6.54 Å². The van der Waals surface area contributed by atoms with Crippen molar-refractivity contribution in [3.05, 3.63) is 23.8 Å². The summed E-state index contributed by atoms with van der Waals surface area (Å²) in [7, 11) is -4.67. The Kier molecular flexibility index (Phi) is 6.89. The van der Waals surface area contributed by atoms with Crippen LogP contribution in [0, 0.1) is 0 Å². The van der Waals surface area contributed by atoms with E-state index in [9.17, 15) is 10.2 Å². The molecule has 0 aliphatic carbocycles. The van der Waals surface area contributed by atoms with Crippen molar-refractivity contribution in [2.75, 3.05) is 13.2 Å². The standard InChI is InChI=1S/C11H17NO3.H2O4S/c1-11(2,12-3-4-13)8-5-9(14)7-10(15)6-8;1-5(2,3)4/h5-7,12-15H,3-4H2,1-2H3;(H2,1,2,3,4). The van der Waals surface area contributed by atoms with Crippen molar-refractivity contribution < 1.29 is 32.8 Å². The predicted octanol–water partition coefficient (Wildman–Crippen LogP) is 0.262. The van der Waals surface area contributed by atoms with Crippen molar-refractivity contribution in [3.63, 3.8) is 0 Å². The summed E-state index contributed by atoms with van der Waals surface area (Å²) >= 11 is 0. The zero-order chi connectivity index (χ0) is 16.0. The molecule has 1 aromatic carbocycles. The number of phenols is 2. The van der Waals surface area contributed by atoms with Gasteiger partial charge in [0, 0.05) is 18.2 Å². The Bertz CT molecular complexity index is 499. The van der Waals surface area contributed by atoms with Crippen LogP contribution in [0.25, 0.3) is 0 Å². The highest BCUT2D eigenvalue weighted by Crippen LogP contribution is 2.28. The lowest BCUT2D eigenvalue weighted by Gasteiger charge is -2.27. The highest BCUT2D eigenvalue weighted by Gasteiger charge is 2.20. The molecule has 9 heteroatoms. The van der Waals surface area contributed by atoms with Gasteiger partial charge < -0.3 is 20.6 Å². The molecule has 0 aliphatic heterocycles. The van der Waals surface area contributed by atoms with E-state index in [1.165, 1.54) is 6.07 Å². The largest absolute Gasteiger partial charge is 0.508 e. The number of aliphatic hydroxyl groups is 1. The number of rotatable bonds is 4. The van der Waals surface area contributed by atoms with Crippen LogP contribution >= 0.6 is 0 Å². The lowest BCUT2D eigenvalue weighted by Crippen LogP contribution is -2.38. The van der Waals surface area contributed by atoms with Gasteiger partial charge in [-0.2, -0.15) is 8.42 Å². The second kappa shape index (κ2) is 7.41.